The van der Waals surface area contributed by atoms with Gasteiger partial charge in [0.05, 0.1) is 0 Å². The van der Waals surface area contributed by atoms with Gasteiger partial charge in [0.25, 0.3) is 0 Å². The summed E-state index contributed by atoms with van der Waals surface area (Å²) in [5, 5.41) is 0.386. The van der Waals surface area contributed by atoms with Gasteiger partial charge in [-0.1, -0.05) is 11.6 Å². The van der Waals surface area contributed by atoms with Crippen LogP contribution in [-0.4, -0.2) is 48.1 Å². The number of hydrogen-bond acceptors (Lipinski definition) is 5. The molecule has 1 aromatic rings. The fraction of sp³-hybridized carbons (Fsp3) is 0.667. The van der Waals surface area contributed by atoms with Crippen molar-refractivity contribution in [3.63, 3.8) is 0 Å². The Bertz CT molecular complexity index is 410. The minimum Gasteiger partial charge on any atom is -0.368 e. The maximum absolute atomic E-state index is 5.91. The first-order chi connectivity index (χ1) is 8.43. The molecule has 0 radical (unpaired) electrons. The van der Waals surface area contributed by atoms with E-state index in [0.29, 0.717) is 5.15 Å². The summed E-state index contributed by atoms with van der Waals surface area (Å²) in [6, 6.07) is 1.75. The lowest BCUT2D eigenvalue weighted by atomic mass is 9.75. The number of rotatable bonds is 4. The Labute approximate surface area is 113 Å². The molecule has 0 bridgehead atoms. The highest BCUT2D eigenvalue weighted by Gasteiger charge is 2.40. The maximum atomic E-state index is 5.91. The van der Waals surface area contributed by atoms with Crippen LogP contribution in [0.3, 0.4) is 0 Å². The second-order valence-corrected chi connectivity index (χ2v) is 5.62. The van der Waals surface area contributed by atoms with E-state index in [1.54, 1.807) is 6.07 Å². The number of hydrogen-bond donors (Lipinski definition) is 1. The second kappa shape index (κ2) is 4.90. The van der Waals surface area contributed by atoms with Gasteiger partial charge in [-0.3, -0.25) is 0 Å². The van der Waals surface area contributed by atoms with E-state index in [0.717, 1.165) is 12.4 Å². The van der Waals surface area contributed by atoms with Gasteiger partial charge < -0.3 is 15.5 Å². The molecule has 5 nitrogen and oxygen atoms in total. The zero-order valence-electron chi connectivity index (χ0n) is 11.1. The highest BCUT2D eigenvalue weighted by atomic mass is 35.5. The molecule has 1 fully saturated rings. The van der Waals surface area contributed by atoms with Gasteiger partial charge >= 0.3 is 0 Å². The minimum atomic E-state index is 0.219. The number of nitrogen functional groups attached to an aromatic ring is 1. The first-order valence-corrected chi connectivity index (χ1v) is 6.49. The molecule has 1 heterocycles. The summed E-state index contributed by atoms with van der Waals surface area (Å²) in [6.07, 6.45) is 3.73. The summed E-state index contributed by atoms with van der Waals surface area (Å²) in [5.41, 5.74) is 5.87. The Morgan fingerprint density at radius 1 is 1.33 bits per heavy atom. The van der Waals surface area contributed by atoms with Crippen LogP contribution in [0, 0.1) is 0 Å². The number of nitrogens with two attached hydrogens (primary N) is 1. The van der Waals surface area contributed by atoms with Gasteiger partial charge in [-0.15, -0.1) is 0 Å². The van der Waals surface area contributed by atoms with Gasteiger partial charge in [0.2, 0.25) is 5.95 Å². The van der Waals surface area contributed by atoms with Crippen LogP contribution in [0.5, 0.6) is 0 Å². The van der Waals surface area contributed by atoms with Crippen LogP contribution >= 0.6 is 11.6 Å². The third kappa shape index (κ3) is 2.52. The van der Waals surface area contributed by atoms with Crippen molar-refractivity contribution in [1.82, 2.24) is 14.9 Å². The molecule has 0 spiro atoms. The molecule has 0 unspecified atom stereocenters. The smallest absolute Gasteiger partial charge is 0.223 e. The number of nitrogens with zero attached hydrogens (tertiary/aromatic N) is 4. The van der Waals surface area contributed by atoms with Crippen LogP contribution in [0.4, 0.5) is 11.8 Å². The average molecular weight is 270 g/mol. The first kappa shape index (κ1) is 13.4. The fourth-order valence-corrected chi connectivity index (χ4v) is 2.66. The lowest BCUT2D eigenvalue weighted by Crippen LogP contribution is -2.56. The molecule has 100 valence electrons. The summed E-state index contributed by atoms with van der Waals surface area (Å²) < 4.78 is 0. The molecule has 18 heavy (non-hydrogen) atoms. The van der Waals surface area contributed by atoms with E-state index in [1.807, 2.05) is 7.05 Å². The van der Waals surface area contributed by atoms with Crippen molar-refractivity contribution < 1.29 is 0 Å². The van der Waals surface area contributed by atoms with Crippen molar-refractivity contribution in [3.8, 4) is 0 Å². The van der Waals surface area contributed by atoms with E-state index in [-0.39, 0.29) is 11.5 Å². The Kier molecular flexibility index (Phi) is 3.64. The normalized spacial score (nSPS) is 17.6. The Balaban J connectivity index is 2.14. The standard InChI is InChI=1S/C12H20ClN5/c1-17(2)12(5-4-6-12)8-18(3)10-7-9(13)15-11(14)16-10/h7H,4-6,8H2,1-3H3,(H2,14,15,16). The van der Waals surface area contributed by atoms with Crippen molar-refractivity contribution in [2.45, 2.75) is 24.8 Å². The zero-order chi connectivity index (χ0) is 13.3. The van der Waals surface area contributed by atoms with E-state index < -0.39 is 0 Å². The topological polar surface area (TPSA) is 58.3 Å². The number of likely N-dealkylation sites (N-methyl/N-ethyl adjacent to an activating group) is 2. The average Bonchev–Trinajstić information content (AvgIpc) is 2.21. The summed E-state index contributed by atoms with van der Waals surface area (Å²) in [7, 11) is 6.28. The van der Waals surface area contributed by atoms with E-state index in [4.69, 9.17) is 17.3 Å². The van der Waals surface area contributed by atoms with Crippen LogP contribution in [0.1, 0.15) is 19.3 Å². The van der Waals surface area contributed by atoms with Crippen molar-refractivity contribution in [2.75, 3.05) is 38.3 Å². The van der Waals surface area contributed by atoms with Crippen LogP contribution in [0.2, 0.25) is 5.15 Å². The molecular formula is C12H20ClN5. The second-order valence-electron chi connectivity index (χ2n) is 5.24. The van der Waals surface area contributed by atoms with E-state index in [1.165, 1.54) is 19.3 Å². The molecule has 6 heteroatoms. The van der Waals surface area contributed by atoms with Crippen molar-refractivity contribution in [3.05, 3.63) is 11.2 Å². The fourth-order valence-electron chi connectivity index (χ4n) is 2.47. The van der Waals surface area contributed by atoms with Crippen molar-refractivity contribution >= 4 is 23.4 Å². The monoisotopic (exact) mass is 269 g/mol. The van der Waals surface area contributed by atoms with Gasteiger partial charge in [-0.05, 0) is 33.4 Å². The molecule has 0 amide bonds. The lowest BCUT2D eigenvalue weighted by Gasteiger charge is -2.49. The predicted octanol–water partition coefficient (Wildman–Crippen LogP) is 1.63. The highest BCUT2D eigenvalue weighted by molar-refractivity contribution is 6.29. The molecule has 1 aliphatic carbocycles. The molecule has 2 N–H and O–H groups in total. The van der Waals surface area contributed by atoms with Gasteiger partial charge in [-0.25, -0.2) is 4.98 Å². The van der Waals surface area contributed by atoms with Gasteiger partial charge in [0.15, 0.2) is 0 Å². The van der Waals surface area contributed by atoms with Crippen LogP contribution in [0.25, 0.3) is 0 Å². The molecule has 0 aromatic carbocycles. The molecule has 1 aliphatic rings. The van der Waals surface area contributed by atoms with E-state index in [2.05, 4.69) is 33.9 Å². The third-order valence-electron chi connectivity index (χ3n) is 3.85. The summed E-state index contributed by atoms with van der Waals surface area (Å²) in [4.78, 5) is 12.5. The van der Waals surface area contributed by atoms with Gasteiger partial charge in [0, 0.05) is 25.2 Å². The van der Waals surface area contributed by atoms with Gasteiger partial charge in [-0.2, -0.15) is 4.98 Å². The van der Waals surface area contributed by atoms with Crippen molar-refractivity contribution in [2.24, 2.45) is 0 Å². The zero-order valence-corrected chi connectivity index (χ0v) is 11.9. The molecule has 0 saturated heterocycles. The molecule has 0 aliphatic heterocycles. The summed E-state index contributed by atoms with van der Waals surface area (Å²) in [5.74, 6) is 0.998. The molecular weight excluding hydrogens is 250 g/mol. The number of halogens is 1. The van der Waals surface area contributed by atoms with E-state index >= 15 is 0 Å². The Morgan fingerprint density at radius 3 is 2.44 bits per heavy atom. The molecule has 1 saturated carbocycles. The largest absolute Gasteiger partial charge is 0.368 e. The molecule has 0 atom stereocenters. The maximum Gasteiger partial charge on any atom is 0.223 e. The molecule has 2 rings (SSSR count). The number of anilines is 2. The predicted molar refractivity (Wildman–Crippen MR) is 75.0 cm³/mol. The van der Waals surface area contributed by atoms with Crippen LogP contribution in [-0.2, 0) is 0 Å². The highest BCUT2D eigenvalue weighted by Crippen LogP contribution is 2.37. The number of aromatic nitrogens is 2. The Hall–Kier alpha value is -1.07. The third-order valence-corrected chi connectivity index (χ3v) is 4.05. The minimum absolute atomic E-state index is 0.219. The SMILES string of the molecule is CN(CC1(N(C)C)CCC1)c1cc(Cl)nc(N)n1. The Morgan fingerprint density at radius 2 is 2.00 bits per heavy atom. The summed E-state index contributed by atoms with van der Waals surface area (Å²) >= 11 is 5.91. The quantitative estimate of drug-likeness (QED) is 0.842. The molecule has 1 aromatic heterocycles. The van der Waals surface area contributed by atoms with E-state index in [9.17, 15) is 0 Å². The van der Waals surface area contributed by atoms with Crippen LogP contribution < -0.4 is 10.6 Å². The summed E-state index contributed by atoms with van der Waals surface area (Å²) in [6.45, 7) is 0.923. The first-order valence-electron chi connectivity index (χ1n) is 6.12. The van der Waals surface area contributed by atoms with Crippen LogP contribution in [0.15, 0.2) is 6.07 Å². The van der Waals surface area contributed by atoms with Crippen molar-refractivity contribution in [1.29, 1.82) is 0 Å². The van der Waals surface area contributed by atoms with Gasteiger partial charge in [0.1, 0.15) is 11.0 Å². The lowest BCUT2D eigenvalue weighted by molar-refractivity contribution is 0.0682.